The zero-order valence-corrected chi connectivity index (χ0v) is 23.8. The van der Waals surface area contributed by atoms with E-state index in [2.05, 4.69) is 22.4 Å². The SMILES string of the molecule is Cn1c(Cc2cccc(N3Cc4c(cc(CNC5(C)CCC5)cc4C(F)(F)F)C3=O)c2)nnc1C1CC(OCCF)C1. The van der Waals surface area contributed by atoms with E-state index in [1.54, 1.807) is 18.2 Å². The number of ether oxygens (including phenoxy) is 1. The predicted octanol–water partition coefficient (Wildman–Crippen LogP) is 5.85. The topological polar surface area (TPSA) is 72.3 Å². The molecule has 11 heteroatoms. The number of amides is 1. The predicted molar refractivity (Wildman–Crippen MR) is 149 cm³/mol. The highest BCUT2D eigenvalue weighted by Crippen LogP contribution is 2.41. The lowest BCUT2D eigenvalue weighted by atomic mass is 9.78. The first kappa shape index (κ1) is 28.8. The lowest BCUT2D eigenvalue weighted by Crippen LogP contribution is -2.47. The average Bonchev–Trinajstić information content (AvgIpc) is 3.44. The van der Waals surface area contributed by atoms with Crippen LogP contribution in [0.15, 0.2) is 36.4 Å². The maximum atomic E-state index is 14.2. The first-order valence-electron chi connectivity index (χ1n) is 14.5. The molecule has 2 fully saturated rings. The molecule has 0 unspecified atom stereocenters. The second-order valence-electron chi connectivity index (χ2n) is 12.1. The smallest absolute Gasteiger partial charge is 0.375 e. The summed E-state index contributed by atoms with van der Waals surface area (Å²) in [5, 5.41) is 12.1. The maximum Gasteiger partial charge on any atom is 0.416 e. The zero-order chi connectivity index (χ0) is 29.6. The summed E-state index contributed by atoms with van der Waals surface area (Å²) in [5.74, 6) is 1.36. The molecule has 3 aliphatic rings. The van der Waals surface area contributed by atoms with Gasteiger partial charge in [0.2, 0.25) is 0 Å². The summed E-state index contributed by atoms with van der Waals surface area (Å²) in [5.41, 5.74) is 1.18. The van der Waals surface area contributed by atoms with E-state index in [9.17, 15) is 22.4 Å². The van der Waals surface area contributed by atoms with Crippen molar-refractivity contribution in [2.75, 3.05) is 18.2 Å². The van der Waals surface area contributed by atoms with Crippen LogP contribution in [0.4, 0.5) is 23.2 Å². The Hall–Kier alpha value is -3.31. The number of aromatic nitrogens is 3. The van der Waals surface area contributed by atoms with Crippen molar-refractivity contribution in [3.05, 3.63) is 75.9 Å². The van der Waals surface area contributed by atoms with E-state index in [4.69, 9.17) is 4.74 Å². The standard InChI is InChI=1S/C31H35F4N5O2/c1-30(7-4-8-30)36-17-20-12-24-25(26(13-20)31(33,34)35)18-40(29(24)41)22-6-3-5-19(11-22)14-27-37-38-28(39(27)2)21-15-23(16-21)42-10-9-32/h3,5-6,11-13,21,23,36H,4,7-10,14-18H2,1-2H3. The maximum absolute atomic E-state index is 14.2. The Kier molecular flexibility index (Phi) is 7.59. The van der Waals surface area contributed by atoms with Gasteiger partial charge in [0, 0.05) is 42.7 Å². The minimum Gasteiger partial charge on any atom is -0.375 e. The fraction of sp³-hybridized carbons (Fsp3) is 0.516. The van der Waals surface area contributed by atoms with Crippen LogP contribution in [0.1, 0.15) is 89.2 Å². The molecule has 0 atom stereocenters. The molecule has 3 aromatic rings. The molecule has 2 heterocycles. The minimum atomic E-state index is -4.57. The third-order valence-electron chi connectivity index (χ3n) is 9.06. The van der Waals surface area contributed by atoms with Gasteiger partial charge in [0.1, 0.15) is 18.3 Å². The Labute approximate surface area is 242 Å². The van der Waals surface area contributed by atoms with Crippen LogP contribution in [-0.2, 0) is 37.5 Å². The number of halogens is 4. The molecule has 1 aromatic heterocycles. The summed E-state index contributed by atoms with van der Waals surface area (Å²) in [7, 11) is 1.90. The van der Waals surface area contributed by atoms with Gasteiger partial charge in [-0.1, -0.05) is 12.1 Å². The van der Waals surface area contributed by atoms with Crippen LogP contribution in [0.25, 0.3) is 0 Å². The van der Waals surface area contributed by atoms with Gasteiger partial charge in [-0.05, 0) is 80.0 Å². The third kappa shape index (κ3) is 5.56. The van der Waals surface area contributed by atoms with Crippen molar-refractivity contribution in [3.8, 4) is 0 Å². The van der Waals surface area contributed by atoms with Gasteiger partial charge in [0.05, 0.1) is 24.8 Å². The quantitative estimate of drug-likeness (QED) is 0.303. The highest BCUT2D eigenvalue weighted by molar-refractivity contribution is 6.10. The summed E-state index contributed by atoms with van der Waals surface area (Å²) in [6.07, 6.45) is 0.545. The number of carbonyl (C=O) groups is 1. The Morgan fingerprint density at radius 1 is 1.12 bits per heavy atom. The van der Waals surface area contributed by atoms with Crippen molar-refractivity contribution in [2.24, 2.45) is 7.05 Å². The number of nitrogens with one attached hydrogen (secondary N) is 1. The summed E-state index contributed by atoms with van der Waals surface area (Å²) < 4.78 is 62.2. The molecule has 224 valence electrons. The number of benzene rings is 2. The van der Waals surface area contributed by atoms with Gasteiger partial charge in [-0.3, -0.25) is 4.79 Å². The van der Waals surface area contributed by atoms with E-state index in [1.807, 2.05) is 23.7 Å². The van der Waals surface area contributed by atoms with Crippen LogP contribution in [0.5, 0.6) is 0 Å². The molecule has 0 spiro atoms. The molecule has 0 bridgehead atoms. The van der Waals surface area contributed by atoms with E-state index < -0.39 is 24.3 Å². The molecule has 0 saturated heterocycles. The monoisotopic (exact) mass is 585 g/mol. The minimum absolute atomic E-state index is 0.0174. The lowest BCUT2D eigenvalue weighted by molar-refractivity contribution is -0.138. The molecular formula is C31H35F4N5O2. The number of hydrogen-bond donors (Lipinski definition) is 1. The van der Waals surface area contributed by atoms with Gasteiger partial charge >= 0.3 is 6.18 Å². The molecule has 42 heavy (non-hydrogen) atoms. The molecule has 2 saturated carbocycles. The Morgan fingerprint density at radius 2 is 1.90 bits per heavy atom. The Morgan fingerprint density at radius 3 is 2.60 bits per heavy atom. The largest absolute Gasteiger partial charge is 0.416 e. The van der Waals surface area contributed by atoms with Gasteiger partial charge in [-0.15, -0.1) is 10.2 Å². The molecule has 6 rings (SSSR count). The second kappa shape index (κ2) is 11.1. The van der Waals surface area contributed by atoms with Crippen molar-refractivity contribution >= 4 is 11.6 Å². The summed E-state index contributed by atoms with van der Waals surface area (Å²) in [6.45, 7) is 1.83. The molecule has 1 aliphatic heterocycles. The summed E-state index contributed by atoms with van der Waals surface area (Å²) in [4.78, 5) is 14.9. The average molecular weight is 586 g/mol. The van der Waals surface area contributed by atoms with E-state index in [0.717, 1.165) is 49.3 Å². The summed E-state index contributed by atoms with van der Waals surface area (Å²) >= 11 is 0. The van der Waals surface area contributed by atoms with Gasteiger partial charge in [-0.2, -0.15) is 13.2 Å². The molecular weight excluding hydrogens is 550 g/mol. The normalized spacial score (nSPS) is 21.3. The van der Waals surface area contributed by atoms with Crippen molar-refractivity contribution in [3.63, 3.8) is 0 Å². The van der Waals surface area contributed by atoms with E-state index in [1.165, 1.54) is 11.0 Å². The third-order valence-corrected chi connectivity index (χ3v) is 9.06. The number of fused-ring (bicyclic) bond motifs is 1. The fourth-order valence-corrected chi connectivity index (χ4v) is 6.26. The van der Waals surface area contributed by atoms with Crippen molar-refractivity contribution < 1.29 is 27.1 Å². The lowest BCUT2D eigenvalue weighted by Gasteiger charge is -2.39. The second-order valence-corrected chi connectivity index (χ2v) is 12.1. The van der Waals surface area contributed by atoms with Crippen LogP contribution in [0.2, 0.25) is 0 Å². The molecule has 2 aliphatic carbocycles. The fourth-order valence-electron chi connectivity index (χ4n) is 6.26. The van der Waals surface area contributed by atoms with Crippen LogP contribution < -0.4 is 10.2 Å². The number of anilines is 1. The van der Waals surface area contributed by atoms with Crippen LogP contribution in [-0.4, -0.2) is 45.6 Å². The van der Waals surface area contributed by atoms with Crippen molar-refractivity contribution in [1.82, 2.24) is 20.1 Å². The van der Waals surface area contributed by atoms with Crippen molar-refractivity contribution in [1.29, 1.82) is 0 Å². The molecule has 1 amide bonds. The van der Waals surface area contributed by atoms with Crippen LogP contribution in [0.3, 0.4) is 0 Å². The highest BCUT2D eigenvalue weighted by Gasteiger charge is 2.41. The number of carbonyl (C=O) groups excluding carboxylic acids is 1. The zero-order valence-electron chi connectivity index (χ0n) is 23.8. The van der Waals surface area contributed by atoms with Crippen molar-refractivity contribution in [2.45, 2.75) is 82.3 Å². The van der Waals surface area contributed by atoms with Gasteiger partial charge in [0.25, 0.3) is 5.91 Å². The number of alkyl halides is 4. The molecule has 2 aromatic carbocycles. The van der Waals surface area contributed by atoms with E-state index in [0.29, 0.717) is 17.7 Å². The van der Waals surface area contributed by atoms with E-state index in [-0.39, 0.29) is 48.4 Å². The highest BCUT2D eigenvalue weighted by atomic mass is 19.4. The Balaban J connectivity index is 1.19. The van der Waals surface area contributed by atoms with Crippen LogP contribution >= 0.6 is 0 Å². The van der Waals surface area contributed by atoms with E-state index >= 15 is 0 Å². The first-order chi connectivity index (χ1) is 20.0. The van der Waals surface area contributed by atoms with Gasteiger partial charge < -0.3 is 19.5 Å². The number of rotatable bonds is 10. The van der Waals surface area contributed by atoms with Crippen LogP contribution in [0, 0.1) is 0 Å². The number of nitrogens with zero attached hydrogens (tertiary/aromatic N) is 4. The molecule has 1 N–H and O–H groups in total. The first-order valence-corrected chi connectivity index (χ1v) is 14.5. The Bertz CT molecular complexity index is 1480. The molecule has 7 nitrogen and oxygen atoms in total. The summed E-state index contributed by atoms with van der Waals surface area (Å²) in [6, 6.07) is 10.1. The number of hydrogen-bond acceptors (Lipinski definition) is 5. The molecule has 0 radical (unpaired) electrons. The van der Waals surface area contributed by atoms with Gasteiger partial charge in [0.15, 0.2) is 0 Å². The van der Waals surface area contributed by atoms with Gasteiger partial charge in [-0.25, -0.2) is 4.39 Å².